The minimum Gasteiger partial charge on any atom is -0.468 e. The molecule has 0 aromatic carbocycles. The molecule has 5 nitrogen and oxygen atoms in total. The molecule has 0 amide bonds. The van der Waals surface area contributed by atoms with Crippen LogP contribution in [0.15, 0.2) is 0 Å². The number of hydrogen-bond acceptors (Lipinski definition) is 5. The summed E-state index contributed by atoms with van der Waals surface area (Å²) in [6.07, 6.45) is 0.606. The fourth-order valence-electron chi connectivity index (χ4n) is 1.61. The van der Waals surface area contributed by atoms with Gasteiger partial charge in [0.2, 0.25) is 0 Å². The third-order valence-corrected chi connectivity index (χ3v) is 2.67. The Morgan fingerprint density at radius 2 is 2.06 bits per heavy atom. The van der Waals surface area contributed by atoms with Crippen LogP contribution in [0.3, 0.4) is 0 Å². The molecule has 0 heterocycles. The van der Waals surface area contributed by atoms with Crippen molar-refractivity contribution in [2.75, 3.05) is 33.9 Å². The number of hydrogen-bond donors (Lipinski definition) is 1. The molecule has 0 spiro atoms. The largest absolute Gasteiger partial charge is 0.468 e. The van der Waals surface area contributed by atoms with Crippen molar-refractivity contribution in [3.8, 4) is 0 Å². The minimum atomic E-state index is -0.534. The summed E-state index contributed by atoms with van der Waals surface area (Å²) in [7, 11) is 3.04. The van der Waals surface area contributed by atoms with Gasteiger partial charge in [0.05, 0.1) is 13.7 Å². The zero-order valence-corrected chi connectivity index (χ0v) is 10.7. The van der Waals surface area contributed by atoms with Crippen molar-refractivity contribution in [2.24, 2.45) is 5.73 Å². The first-order valence-corrected chi connectivity index (χ1v) is 5.63. The van der Waals surface area contributed by atoms with Crippen LogP contribution in [0.4, 0.5) is 0 Å². The molecule has 0 radical (unpaired) electrons. The van der Waals surface area contributed by atoms with Gasteiger partial charge in [-0.2, -0.15) is 0 Å². The third-order valence-electron chi connectivity index (χ3n) is 2.67. The van der Waals surface area contributed by atoms with Crippen LogP contribution in [-0.2, 0) is 14.3 Å². The number of ether oxygens (including phenoxy) is 2. The first-order valence-electron chi connectivity index (χ1n) is 5.63. The molecule has 0 aromatic rings. The van der Waals surface area contributed by atoms with Gasteiger partial charge in [0.1, 0.15) is 6.04 Å². The lowest BCUT2D eigenvalue weighted by atomic mass is 10.2. The highest BCUT2D eigenvalue weighted by molar-refractivity contribution is 5.75. The summed E-state index contributed by atoms with van der Waals surface area (Å²) >= 11 is 0. The van der Waals surface area contributed by atoms with E-state index < -0.39 is 6.04 Å². The van der Waals surface area contributed by atoms with E-state index in [1.807, 2.05) is 0 Å². The van der Waals surface area contributed by atoms with Crippen molar-refractivity contribution in [3.05, 3.63) is 0 Å². The molecule has 0 saturated heterocycles. The van der Waals surface area contributed by atoms with Crippen LogP contribution in [0, 0.1) is 0 Å². The zero-order chi connectivity index (χ0) is 12.6. The maximum absolute atomic E-state index is 11.1. The molecule has 96 valence electrons. The molecular weight excluding hydrogens is 208 g/mol. The summed E-state index contributed by atoms with van der Waals surface area (Å²) in [4.78, 5) is 13.3. The van der Waals surface area contributed by atoms with Crippen LogP contribution in [0.5, 0.6) is 0 Å². The number of methoxy groups -OCH3 is 2. The Labute approximate surface area is 97.9 Å². The summed E-state index contributed by atoms with van der Waals surface area (Å²) in [5.74, 6) is -0.351. The molecule has 2 N–H and O–H groups in total. The molecule has 0 rings (SSSR count). The molecule has 0 saturated carbocycles. The van der Waals surface area contributed by atoms with Crippen LogP contribution < -0.4 is 5.73 Å². The predicted molar refractivity (Wildman–Crippen MR) is 63.2 cm³/mol. The number of carbonyl (C=O) groups is 1. The van der Waals surface area contributed by atoms with Gasteiger partial charge >= 0.3 is 5.97 Å². The summed E-state index contributed by atoms with van der Waals surface area (Å²) < 4.78 is 9.68. The van der Waals surface area contributed by atoms with Gasteiger partial charge in [-0.1, -0.05) is 6.92 Å². The molecule has 2 unspecified atom stereocenters. The Hall–Kier alpha value is -0.650. The molecule has 2 atom stereocenters. The van der Waals surface area contributed by atoms with Crippen LogP contribution in [-0.4, -0.2) is 56.9 Å². The van der Waals surface area contributed by atoms with E-state index in [0.29, 0.717) is 19.1 Å². The summed E-state index contributed by atoms with van der Waals surface area (Å²) in [5, 5.41) is 0. The van der Waals surface area contributed by atoms with Gasteiger partial charge in [-0.15, -0.1) is 0 Å². The van der Waals surface area contributed by atoms with Gasteiger partial charge in [0, 0.05) is 19.7 Å². The normalized spacial score (nSPS) is 14.9. The summed E-state index contributed by atoms with van der Waals surface area (Å²) in [6.45, 7) is 6.55. The fraction of sp³-hybridized carbons (Fsp3) is 0.909. The number of carbonyl (C=O) groups excluding carboxylic acids is 1. The Morgan fingerprint density at radius 1 is 1.44 bits per heavy atom. The highest BCUT2D eigenvalue weighted by atomic mass is 16.5. The monoisotopic (exact) mass is 232 g/mol. The Balaban J connectivity index is 3.99. The number of nitrogens with zero attached hydrogens (tertiary/aromatic N) is 1. The lowest BCUT2D eigenvalue weighted by Gasteiger charge is -2.27. The summed E-state index contributed by atoms with van der Waals surface area (Å²) in [6, 6.07) is -0.200. The van der Waals surface area contributed by atoms with E-state index in [-0.39, 0.29) is 5.97 Å². The van der Waals surface area contributed by atoms with Gasteiger partial charge in [0.15, 0.2) is 0 Å². The van der Waals surface area contributed by atoms with E-state index in [1.165, 1.54) is 7.11 Å². The number of esters is 1. The average Bonchev–Trinajstić information content (AvgIpc) is 2.28. The Kier molecular flexibility index (Phi) is 8.15. The standard InChI is InChI=1S/C11H24N2O3/c1-5-13(9(2)8-15-3)7-6-10(12)11(14)16-4/h9-10H,5-8,12H2,1-4H3. The number of nitrogens with two attached hydrogens (primary N) is 1. The Bertz CT molecular complexity index is 200. The average molecular weight is 232 g/mol. The maximum atomic E-state index is 11.1. The lowest BCUT2D eigenvalue weighted by molar-refractivity contribution is -0.142. The summed E-state index contributed by atoms with van der Waals surface area (Å²) in [5.41, 5.74) is 5.67. The number of rotatable bonds is 8. The van der Waals surface area contributed by atoms with Crippen LogP contribution in [0.2, 0.25) is 0 Å². The second kappa shape index (κ2) is 8.50. The predicted octanol–water partition coefficient (Wildman–Crippen LogP) is 0.234. The van der Waals surface area contributed by atoms with Gasteiger partial charge in [-0.05, 0) is 19.9 Å². The van der Waals surface area contributed by atoms with Crippen LogP contribution >= 0.6 is 0 Å². The van der Waals surface area contributed by atoms with E-state index in [1.54, 1.807) is 7.11 Å². The van der Waals surface area contributed by atoms with Crippen molar-refractivity contribution in [1.29, 1.82) is 0 Å². The van der Waals surface area contributed by atoms with E-state index in [9.17, 15) is 4.79 Å². The van der Waals surface area contributed by atoms with Gasteiger partial charge < -0.3 is 15.2 Å². The minimum absolute atomic E-state index is 0.333. The molecule has 5 heteroatoms. The highest BCUT2D eigenvalue weighted by Gasteiger charge is 2.17. The second-order valence-electron chi connectivity index (χ2n) is 3.85. The van der Waals surface area contributed by atoms with Crippen LogP contribution in [0.25, 0.3) is 0 Å². The molecular formula is C11H24N2O3. The SMILES string of the molecule is CCN(CCC(N)C(=O)OC)C(C)COC. The first kappa shape index (κ1) is 15.3. The molecule has 0 aliphatic heterocycles. The molecule has 0 aliphatic carbocycles. The van der Waals surface area contributed by atoms with E-state index in [4.69, 9.17) is 10.5 Å². The topological polar surface area (TPSA) is 64.8 Å². The zero-order valence-electron chi connectivity index (χ0n) is 10.7. The molecule has 0 aliphatic rings. The van der Waals surface area contributed by atoms with Crippen molar-refractivity contribution < 1.29 is 14.3 Å². The number of likely N-dealkylation sites (N-methyl/N-ethyl adjacent to an activating group) is 1. The molecule has 0 bridgehead atoms. The fourth-order valence-corrected chi connectivity index (χ4v) is 1.61. The lowest BCUT2D eigenvalue weighted by Crippen LogP contribution is -2.41. The maximum Gasteiger partial charge on any atom is 0.322 e. The van der Waals surface area contributed by atoms with Crippen LogP contribution in [0.1, 0.15) is 20.3 Å². The van der Waals surface area contributed by atoms with E-state index in [0.717, 1.165) is 13.1 Å². The van der Waals surface area contributed by atoms with Crippen molar-refractivity contribution in [3.63, 3.8) is 0 Å². The van der Waals surface area contributed by atoms with Gasteiger partial charge in [0.25, 0.3) is 0 Å². The smallest absolute Gasteiger partial charge is 0.322 e. The molecule has 16 heavy (non-hydrogen) atoms. The van der Waals surface area contributed by atoms with Crippen molar-refractivity contribution >= 4 is 5.97 Å². The van der Waals surface area contributed by atoms with E-state index >= 15 is 0 Å². The van der Waals surface area contributed by atoms with Crippen molar-refractivity contribution in [2.45, 2.75) is 32.4 Å². The molecule has 0 aromatic heterocycles. The quantitative estimate of drug-likeness (QED) is 0.607. The second-order valence-corrected chi connectivity index (χ2v) is 3.85. The van der Waals surface area contributed by atoms with Crippen molar-refractivity contribution in [1.82, 2.24) is 4.90 Å². The van der Waals surface area contributed by atoms with Gasteiger partial charge in [-0.3, -0.25) is 9.69 Å². The first-order chi connectivity index (χ1) is 7.56. The van der Waals surface area contributed by atoms with Gasteiger partial charge in [-0.25, -0.2) is 0 Å². The van der Waals surface area contributed by atoms with E-state index in [2.05, 4.69) is 23.5 Å². The highest BCUT2D eigenvalue weighted by Crippen LogP contribution is 2.02. The molecule has 0 fully saturated rings. The Morgan fingerprint density at radius 3 is 2.50 bits per heavy atom. The third kappa shape index (κ3) is 5.44.